The fourth-order valence-electron chi connectivity index (χ4n) is 3.64. The van der Waals surface area contributed by atoms with Gasteiger partial charge in [-0.1, -0.05) is 0 Å². The summed E-state index contributed by atoms with van der Waals surface area (Å²) in [6.45, 7) is 4.81. The number of nitrogens with zero attached hydrogens (tertiary/aromatic N) is 3. The highest BCUT2D eigenvalue weighted by atomic mass is 19.1. The average molecular weight is 301 g/mol. The average Bonchev–Trinajstić information content (AvgIpc) is 2.96. The second-order valence-corrected chi connectivity index (χ2v) is 6.26. The topological polar surface area (TPSA) is 30.3 Å². The van der Waals surface area contributed by atoms with Crippen molar-refractivity contribution >= 4 is 0 Å². The molecule has 0 radical (unpaired) electrons. The lowest BCUT2D eigenvalue weighted by atomic mass is 9.81. The first-order chi connectivity index (χ1) is 10.6. The Kier molecular flexibility index (Phi) is 3.01. The Morgan fingerprint density at radius 1 is 1.32 bits per heavy atom. The van der Waals surface area contributed by atoms with Crippen molar-refractivity contribution in [2.75, 3.05) is 20.1 Å². The highest BCUT2D eigenvalue weighted by Gasteiger charge is 2.44. The van der Waals surface area contributed by atoms with Gasteiger partial charge in [-0.3, -0.25) is 4.68 Å². The zero-order chi connectivity index (χ0) is 15.3. The second kappa shape index (κ2) is 4.81. The lowest BCUT2D eigenvalue weighted by Gasteiger charge is -2.43. The van der Waals surface area contributed by atoms with Gasteiger partial charge in [-0.05, 0) is 32.2 Å². The van der Waals surface area contributed by atoms with Crippen LogP contribution in [0, 0.1) is 5.82 Å². The molecule has 0 bridgehead atoms. The van der Waals surface area contributed by atoms with E-state index in [1.807, 2.05) is 10.9 Å². The van der Waals surface area contributed by atoms with E-state index in [2.05, 4.69) is 24.0 Å². The zero-order valence-corrected chi connectivity index (χ0v) is 13.0. The molecular formula is C17H20FN3O. The Balaban J connectivity index is 1.91. The van der Waals surface area contributed by atoms with Crippen LogP contribution in [0.4, 0.5) is 4.39 Å². The van der Waals surface area contributed by atoms with E-state index < -0.39 is 0 Å². The number of aryl methyl sites for hydroxylation is 1. The maximum absolute atomic E-state index is 13.7. The third kappa shape index (κ3) is 1.88. The van der Waals surface area contributed by atoms with Gasteiger partial charge < -0.3 is 9.64 Å². The first-order valence-corrected chi connectivity index (χ1v) is 7.87. The summed E-state index contributed by atoms with van der Waals surface area (Å²) < 4.78 is 22.1. The molecule has 0 aliphatic carbocycles. The van der Waals surface area contributed by atoms with Crippen LogP contribution < -0.4 is 4.74 Å². The summed E-state index contributed by atoms with van der Waals surface area (Å²) in [5.41, 5.74) is 2.63. The summed E-state index contributed by atoms with van der Waals surface area (Å²) in [6.07, 6.45) is 3.78. The molecule has 0 N–H and O–H groups in total. The Hall–Kier alpha value is -1.88. The minimum atomic E-state index is -0.319. The van der Waals surface area contributed by atoms with Crippen LogP contribution in [0.25, 0.3) is 11.3 Å². The minimum Gasteiger partial charge on any atom is -0.482 e. The number of hydrogen-bond acceptors (Lipinski definition) is 3. The normalized spacial score (nSPS) is 19.6. The fourth-order valence-corrected chi connectivity index (χ4v) is 3.64. The van der Waals surface area contributed by atoms with E-state index in [0.29, 0.717) is 0 Å². The number of hydrogen-bond donors (Lipinski definition) is 0. The number of likely N-dealkylation sites (tertiary alicyclic amines) is 1. The predicted molar refractivity (Wildman–Crippen MR) is 82.3 cm³/mol. The van der Waals surface area contributed by atoms with Gasteiger partial charge in [-0.2, -0.15) is 5.10 Å². The molecule has 1 aromatic heterocycles. The molecular weight excluding hydrogens is 281 g/mol. The van der Waals surface area contributed by atoms with Crippen LogP contribution in [0.3, 0.4) is 0 Å². The van der Waals surface area contributed by atoms with Gasteiger partial charge in [0.1, 0.15) is 17.2 Å². The molecule has 2 aliphatic rings. The number of fused-ring (bicyclic) bond motifs is 4. The molecule has 1 saturated heterocycles. The van der Waals surface area contributed by atoms with Crippen molar-refractivity contribution in [2.24, 2.45) is 0 Å². The van der Waals surface area contributed by atoms with Gasteiger partial charge in [-0.25, -0.2) is 4.39 Å². The van der Waals surface area contributed by atoms with E-state index in [1.54, 1.807) is 12.1 Å². The number of halogens is 1. The van der Waals surface area contributed by atoms with E-state index in [9.17, 15) is 4.39 Å². The summed E-state index contributed by atoms with van der Waals surface area (Å²) in [4.78, 5) is 2.32. The van der Waals surface area contributed by atoms with E-state index in [1.165, 1.54) is 6.07 Å². The van der Waals surface area contributed by atoms with Gasteiger partial charge in [0.25, 0.3) is 0 Å². The van der Waals surface area contributed by atoms with E-state index in [4.69, 9.17) is 4.74 Å². The van der Waals surface area contributed by atoms with Crippen LogP contribution in [0.5, 0.6) is 5.75 Å². The largest absolute Gasteiger partial charge is 0.482 e. The smallest absolute Gasteiger partial charge is 0.140 e. The number of piperidine rings is 1. The molecule has 3 heterocycles. The molecule has 22 heavy (non-hydrogen) atoms. The van der Waals surface area contributed by atoms with Crippen molar-refractivity contribution in [1.82, 2.24) is 14.7 Å². The second-order valence-electron chi connectivity index (χ2n) is 6.26. The monoisotopic (exact) mass is 301 g/mol. The lowest BCUT2D eigenvalue weighted by molar-refractivity contribution is 0.00153. The third-order valence-electron chi connectivity index (χ3n) is 4.93. The maximum atomic E-state index is 13.7. The van der Waals surface area contributed by atoms with Gasteiger partial charge in [-0.15, -0.1) is 0 Å². The molecule has 1 spiro atoms. The van der Waals surface area contributed by atoms with E-state index in [0.717, 1.165) is 55.0 Å². The van der Waals surface area contributed by atoms with Crippen molar-refractivity contribution in [1.29, 1.82) is 0 Å². The summed E-state index contributed by atoms with van der Waals surface area (Å²) in [5.74, 6) is 0.533. The molecule has 116 valence electrons. The fraction of sp³-hybridized carbons (Fsp3) is 0.471. The quantitative estimate of drug-likeness (QED) is 0.811. The van der Waals surface area contributed by atoms with Crippen LogP contribution in [0.15, 0.2) is 24.4 Å². The van der Waals surface area contributed by atoms with Gasteiger partial charge in [0.2, 0.25) is 0 Å². The molecule has 2 aliphatic heterocycles. The number of benzene rings is 1. The maximum Gasteiger partial charge on any atom is 0.140 e. The molecule has 1 aromatic carbocycles. The Labute approximate surface area is 129 Å². The first-order valence-electron chi connectivity index (χ1n) is 7.87. The summed E-state index contributed by atoms with van der Waals surface area (Å²) in [5, 5.41) is 4.51. The minimum absolute atomic E-state index is 0.239. The molecule has 0 amide bonds. The molecule has 4 rings (SSSR count). The molecule has 0 atom stereocenters. The summed E-state index contributed by atoms with van der Waals surface area (Å²) in [7, 11) is 2.13. The van der Waals surface area contributed by atoms with Crippen molar-refractivity contribution in [2.45, 2.75) is 31.9 Å². The van der Waals surface area contributed by atoms with E-state index >= 15 is 0 Å². The predicted octanol–water partition coefficient (Wildman–Crippen LogP) is 3.02. The van der Waals surface area contributed by atoms with Crippen molar-refractivity contribution in [3.05, 3.63) is 35.8 Å². The van der Waals surface area contributed by atoms with Crippen LogP contribution >= 0.6 is 0 Å². The SMILES string of the molecule is CCn1ncc2c1-c1cc(F)ccc1OC21CCN(C)CC1. The number of ether oxygens (including phenoxy) is 1. The van der Waals surface area contributed by atoms with Gasteiger partial charge in [0.15, 0.2) is 0 Å². The molecule has 0 unspecified atom stereocenters. The Morgan fingerprint density at radius 3 is 2.82 bits per heavy atom. The van der Waals surface area contributed by atoms with Crippen LogP contribution in [-0.2, 0) is 12.1 Å². The van der Waals surface area contributed by atoms with Crippen LogP contribution in [0.2, 0.25) is 0 Å². The zero-order valence-electron chi connectivity index (χ0n) is 13.0. The van der Waals surface area contributed by atoms with Crippen molar-refractivity contribution < 1.29 is 9.13 Å². The van der Waals surface area contributed by atoms with E-state index in [-0.39, 0.29) is 11.4 Å². The lowest BCUT2D eigenvalue weighted by Crippen LogP contribution is -2.46. The molecule has 1 fully saturated rings. The number of rotatable bonds is 1. The molecule has 5 heteroatoms. The Bertz CT molecular complexity index is 717. The Morgan fingerprint density at radius 2 is 2.09 bits per heavy atom. The van der Waals surface area contributed by atoms with Gasteiger partial charge in [0.05, 0.1) is 11.9 Å². The molecule has 4 nitrogen and oxygen atoms in total. The van der Waals surface area contributed by atoms with Crippen molar-refractivity contribution in [3.8, 4) is 17.0 Å². The van der Waals surface area contributed by atoms with Gasteiger partial charge >= 0.3 is 0 Å². The third-order valence-corrected chi connectivity index (χ3v) is 4.93. The highest BCUT2D eigenvalue weighted by molar-refractivity contribution is 5.73. The molecule has 0 saturated carbocycles. The van der Waals surface area contributed by atoms with Gasteiger partial charge in [0, 0.05) is 43.6 Å². The van der Waals surface area contributed by atoms with Crippen LogP contribution in [-0.4, -0.2) is 34.8 Å². The molecule has 2 aromatic rings. The van der Waals surface area contributed by atoms with Crippen molar-refractivity contribution in [3.63, 3.8) is 0 Å². The highest BCUT2D eigenvalue weighted by Crippen LogP contribution is 2.49. The van der Waals surface area contributed by atoms with Crippen LogP contribution in [0.1, 0.15) is 25.3 Å². The standard InChI is InChI=1S/C17H20FN3O/c1-3-21-16-13-10-12(18)4-5-15(13)22-17(14(16)11-19-21)6-8-20(2)9-7-17/h4-5,10-11H,3,6-9H2,1-2H3. The number of aromatic nitrogens is 2. The first kappa shape index (κ1) is 13.8. The summed E-state index contributed by atoms with van der Waals surface area (Å²) in [6, 6.07) is 4.78. The summed E-state index contributed by atoms with van der Waals surface area (Å²) >= 11 is 0.